The molecule has 1 heterocycles. The predicted octanol–water partition coefficient (Wildman–Crippen LogP) is 3.60. The highest BCUT2D eigenvalue weighted by atomic mass is 35.5. The van der Waals surface area contributed by atoms with Gasteiger partial charge >= 0.3 is 0 Å². The van der Waals surface area contributed by atoms with Gasteiger partial charge in [-0.05, 0) is 66.1 Å². The smallest absolute Gasteiger partial charge is 0.264 e. The summed E-state index contributed by atoms with van der Waals surface area (Å²) in [6.45, 7) is 0.160. The molecule has 4 aromatic rings. The van der Waals surface area contributed by atoms with Gasteiger partial charge in [-0.2, -0.15) is 0 Å². The SMILES string of the molecule is CS(=O)(=O)NC(=O)c1ccc2c(Oc3ccc(C[C@@H](CO)NC[C@H](O)c4cccc(Cl)c4)cc3)ccnc2c1. The van der Waals surface area contributed by atoms with E-state index in [1.807, 2.05) is 29.0 Å². The minimum absolute atomic E-state index is 0.103. The Morgan fingerprint density at radius 3 is 2.54 bits per heavy atom. The molecule has 0 bridgehead atoms. The summed E-state index contributed by atoms with van der Waals surface area (Å²) in [5, 5.41) is 24.6. The van der Waals surface area contributed by atoms with Crippen molar-refractivity contribution in [2.24, 2.45) is 0 Å². The van der Waals surface area contributed by atoms with Gasteiger partial charge in [-0.3, -0.25) is 9.78 Å². The maximum Gasteiger partial charge on any atom is 0.264 e. The number of aliphatic hydroxyl groups excluding tert-OH is 2. The summed E-state index contributed by atoms with van der Waals surface area (Å²) in [7, 11) is -3.69. The van der Waals surface area contributed by atoms with E-state index in [2.05, 4.69) is 10.3 Å². The fraction of sp³-hybridized carbons (Fsp3) is 0.214. The van der Waals surface area contributed by atoms with Gasteiger partial charge in [0.1, 0.15) is 11.5 Å². The molecule has 3 aromatic carbocycles. The van der Waals surface area contributed by atoms with Crippen molar-refractivity contribution in [1.82, 2.24) is 15.0 Å². The normalized spacial score (nSPS) is 13.1. The lowest BCUT2D eigenvalue weighted by Gasteiger charge is -2.19. The number of ether oxygens (including phenoxy) is 1. The number of fused-ring (bicyclic) bond motifs is 1. The van der Waals surface area contributed by atoms with E-state index >= 15 is 0 Å². The first-order chi connectivity index (χ1) is 18.6. The second-order valence-corrected chi connectivity index (χ2v) is 11.2. The summed E-state index contributed by atoms with van der Waals surface area (Å²) in [4.78, 5) is 16.4. The first kappa shape index (κ1) is 28.5. The Balaban J connectivity index is 1.39. The molecular formula is C28H28ClN3O6S. The average molecular weight is 570 g/mol. The molecule has 9 nitrogen and oxygen atoms in total. The van der Waals surface area contributed by atoms with Crippen molar-refractivity contribution in [3.8, 4) is 11.5 Å². The van der Waals surface area contributed by atoms with E-state index in [0.29, 0.717) is 39.4 Å². The molecule has 0 fully saturated rings. The second-order valence-electron chi connectivity index (χ2n) is 9.05. The van der Waals surface area contributed by atoms with Crippen LogP contribution in [0.5, 0.6) is 11.5 Å². The van der Waals surface area contributed by atoms with Crippen LogP contribution < -0.4 is 14.8 Å². The molecule has 11 heteroatoms. The van der Waals surface area contributed by atoms with Gasteiger partial charge in [0.05, 0.1) is 24.5 Å². The van der Waals surface area contributed by atoms with Gasteiger partial charge < -0.3 is 20.3 Å². The molecule has 0 saturated heterocycles. The maximum absolute atomic E-state index is 12.2. The Bertz CT molecular complexity index is 1560. The number of rotatable bonds is 11. The van der Waals surface area contributed by atoms with Crippen LogP contribution in [0, 0.1) is 0 Å². The molecule has 1 amide bonds. The molecular weight excluding hydrogens is 542 g/mol. The first-order valence-corrected chi connectivity index (χ1v) is 14.3. The number of nitrogens with one attached hydrogen (secondary N) is 2. The lowest BCUT2D eigenvalue weighted by Crippen LogP contribution is -2.37. The summed E-state index contributed by atoms with van der Waals surface area (Å²) in [5.41, 5.74) is 2.30. The quantitative estimate of drug-likeness (QED) is 0.215. The van der Waals surface area contributed by atoms with E-state index in [0.717, 1.165) is 11.8 Å². The zero-order valence-electron chi connectivity index (χ0n) is 21.0. The number of amides is 1. The fourth-order valence-corrected chi connectivity index (χ4v) is 4.65. The molecule has 4 rings (SSSR count). The van der Waals surface area contributed by atoms with Crippen molar-refractivity contribution in [2.75, 3.05) is 19.4 Å². The summed E-state index contributed by atoms with van der Waals surface area (Å²) in [6.07, 6.45) is 2.23. The van der Waals surface area contributed by atoms with Crippen LogP contribution in [0.15, 0.2) is 79.0 Å². The number of aromatic nitrogens is 1. The van der Waals surface area contributed by atoms with Crippen LogP contribution >= 0.6 is 11.6 Å². The highest BCUT2D eigenvalue weighted by Crippen LogP contribution is 2.29. The van der Waals surface area contributed by atoms with Gasteiger partial charge in [0.15, 0.2) is 0 Å². The summed E-state index contributed by atoms with van der Waals surface area (Å²) >= 11 is 6.00. The average Bonchev–Trinajstić information content (AvgIpc) is 2.90. The van der Waals surface area contributed by atoms with Gasteiger partial charge in [-0.15, -0.1) is 0 Å². The monoisotopic (exact) mass is 569 g/mol. The van der Waals surface area contributed by atoms with Crippen molar-refractivity contribution in [2.45, 2.75) is 18.6 Å². The largest absolute Gasteiger partial charge is 0.457 e. The Hall–Kier alpha value is -3.54. The van der Waals surface area contributed by atoms with Crippen LogP contribution in [0.2, 0.25) is 5.02 Å². The van der Waals surface area contributed by atoms with Gasteiger partial charge in [0.25, 0.3) is 5.91 Å². The van der Waals surface area contributed by atoms with E-state index in [4.69, 9.17) is 16.3 Å². The number of carbonyl (C=O) groups is 1. The molecule has 0 unspecified atom stereocenters. The number of pyridine rings is 1. The molecule has 204 valence electrons. The van der Waals surface area contributed by atoms with E-state index in [1.54, 1.807) is 42.6 Å². The predicted molar refractivity (Wildman–Crippen MR) is 150 cm³/mol. The number of sulfonamides is 1. The van der Waals surface area contributed by atoms with Crippen LogP contribution in [-0.2, 0) is 16.4 Å². The Kier molecular flexibility index (Phi) is 9.16. The summed E-state index contributed by atoms with van der Waals surface area (Å²) in [5.74, 6) is 0.362. The third kappa shape index (κ3) is 7.98. The topological polar surface area (TPSA) is 138 Å². The summed E-state index contributed by atoms with van der Waals surface area (Å²) in [6, 6.07) is 20.5. The van der Waals surface area contributed by atoms with E-state index < -0.39 is 22.0 Å². The molecule has 0 radical (unpaired) electrons. The molecule has 39 heavy (non-hydrogen) atoms. The van der Waals surface area contributed by atoms with Crippen LogP contribution in [0.4, 0.5) is 0 Å². The number of benzene rings is 3. The number of carbonyl (C=O) groups excluding carboxylic acids is 1. The highest BCUT2D eigenvalue weighted by molar-refractivity contribution is 7.89. The molecule has 1 aromatic heterocycles. The fourth-order valence-electron chi connectivity index (χ4n) is 4.00. The van der Waals surface area contributed by atoms with Crippen molar-refractivity contribution in [3.63, 3.8) is 0 Å². The van der Waals surface area contributed by atoms with Crippen molar-refractivity contribution in [3.05, 3.63) is 101 Å². The van der Waals surface area contributed by atoms with E-state index in [1.165, 1.54) is 12.1 Å². The molecule has 0 aliphatic rings. The third-order valence-electron chi connectivity index (χ3n) is 5.93. The number of hydrogen-bond acceptors (Lipinski definition) is 8. The first-order valence-electron chi connectivity index (χ1n) is 12.1. The third-order valence-corrected chi connectivity index (χ3v) is 6.72. The molecule has 0 saturated carbocycles. The number of halogens is 1. The zero-order chi connectivity index (χ0) is 28.0. The Morgan fingerprint density at radius 1 is 1.08 bits per heavy atom. The lowest BCUT2D eigenvalue weighted by molar-refractivity contribution is 0.0981. The van der Waals surface area contributed by atoms with E-state index in [-0.39, 0.29) is 24.8 Å². The van der Waals surface area contributed by atoms with Crippen LogP contribution in [0.1, 0.15) is 27.6 Å². The molecule has 0 aliphatic heterocycles. The molecule has 0 aliphatic carbocycles. The van der Waals surface area contributed by atoms with Gasteiger partial charge in [-0.25, -0.2) is 13.1 Å². The van der Waals surface area contributed by atoms with Gasteiger partial charge in [0.2, 0.25) is 10.0 Å². The van der Waals surface area contributed by atoms with Crippen LogP contribution in [0.25, 0.3) is 10.9 Å². The molecule has 2 atom stereocenters. The minimum Gasteiger partial charge on any atom is -0.457 e. The lowest BCUT2D eigenvalue weighted by atomic mass is 10.0. The van der Waals surface area contributed by atoms with Crippen LogP contribution in [0.3, 0.4) is 0 Å². The number of aliphatic hydroxyl groups is 2. The van der Waals surface area contributed by atoms with Gasteiger partial charge in [-0.1, -0.05) is 35.9 Å². The van der Waals surface area contributed by atoms with Gasteiger partial charge in [0, 0.05) is 34.8 Å². The van der Waals surface area contributed by atoms with E-state index in [9.17, 15) is 23.4 Å². The van der Waals surface area contributed by atoms with Crippen LogP contribution in [-0.4, -0.2) is 55.0 Å². The van der Waals surface area contributed by atoms with Crippen molar-refractivity contribution >= 4 is 38.4 Å². The number of nitrogens with zero attached hydrogens (tertiary/aromatic N) is 1. The molecule has 0 spiro atoms. The zero-order valence-corrected chi connectivity index (χ0v) is 22.6. The number of hydrogen-bond donors (Lipinski definition) is 4. The standard InChI is InChI=1S/C28H28ClN3O6S/c1-39(36,37)32-28(35)20-7-10-24-25(15-20)30-12-11-27(24)38-23-8-5-18(6-9-23)13-22(17-33)31-16-26(34)19-3-2-4-21(29)14-19/h2-12,14-15,22,26,31,33-34H,13,16-17H2,1H3,(H,32,35)/t22-,26-/m0/s1. The Labute approximate surface area is 231 Å². The second kappa shape index (κ2) is 12.5. The summed E-state index contributed by atoms with van der Waals surface area (Å²) < 4.78 is 30.7. The minimum atomic E-state index is -3.69. The molecule has 4 N–H and O–H groups in total. The Morgan fingerprint density at radius 2 is 1.85 bits per heavy atom. The maximum atomic E-state index is 12.2. The van der Waals surface area contributed by atoms with Crippen molar-refractivity contribution in [1.29, 1.82) is 0 Å². The van der Waals surface area contributed by atoms with Crippen molar-refractivity contribution < 1.29 is 28.2 Å². The highest BCUT2D eigenvalue weighted by Gasteiger charge is 2.15.